The largest absolute Gasteiger partial charge is 0.258 e. The standard InChI is InChI=1S/C14H6N4/c15-7-11(8-16)6-14(13(9-17)10-18)12-4-2-1-3-5-12/h1-5,17H. The Morgan fingerprint density at radius 2 is 1.56 bits per heavy atom. The van der Waals surface area contributed by atoms with E-state index < -0.39 is 0 Å². The molecule has 1 rings (SSSR count). The number of nitrogens with one attached hydrogen (secondary N) is 1. The second-order valence-electron chi connectivity index (χ2n) is 3.08. The summed E-state index contributed by atoms with van der Waals surface area (Å²) in [7, 11) is 0. The van der Waals surface area contributed by atoms with Crippen LogP contribution in [0.15, 0.2) is 47.2 Å². The molecule has 0 saturated heterocycles. The van der Waals surface area contributed by atoms with Gasteiger partial charge >= 0.3 is 0 Å². The lowest BCUT2D eigenvalue weighted by Crippen LogP contribution is -1.88. The molecular weight excluding hydrogens is 224 g/mol. The number of allylic oxidation sites excluding steroid dienone is 2. The summed E-state index contributed by atoms with van der Waals surface area (Å²) in [4.78, 5) is 0. The van der Waals surface area contributed by atoms with Crippen LogP contribution in [0.4, 0.5) is 0 Å². The molecule has 18 heavy (non-hydrogen) atoms. The molecule has 0 atom stereocenters. The summed E-state index contributed by atoms with van der Waals surface area (Å²) < 4.78 is 0. The molecule has 1 aromatic rings. The summed E-state index contributed by atoms with van der Waals surface area (Å²) in [5.41, 5.74) is 3.02. The molecule has 1 N–H and O–H groups in total. The summed E-state index contributed by atoms with van der Waals surface area (Å²) in [6, 6.07) is 13.8. The number of hydrogen-bond donors (Lipinski definition) is 1. The van der Waals surface area contributed by atoms with Gasteiger partial charge in [0.1, 0.15) is 23.8 Å². The quantitative estimate of drug-likeness (QED) is 0.365. The molecule has 4 nitrogen and oxygen atoms in total. The van der Waals surface area contributed by atoms with E-state index in [9.17, 15) is 0 Å². The van der Waals surface area contributed by atoms with Crippen molar-refractivity contribution in [2.75, 3.05) is 0 Å². The van der Waals surface area contributed by atoms with Crippen molar-refractivity contribution in [3.05, 3.63) is 52.8 Å². The first-order valence-corrected chi connectivity index (χ1v) is 4.83. The molecule has 1 aromatic carbocycles. The van der Waals surface area contributed by atoms with Crippen molar-refractivity contribution in [1.29, 1.82) is 21.2 Å². The van der Waals surface area contributed by atoms with Gasteiger partial charge in [-0.15, -0.1) is 0 Å². The third-order valence-electron chi connectivity index (χ3n) is 2.02. The topological polar surface area (TPSA) is 95.2 Å². The number of hydrogen-bond acceptors (Lipinski definition) is 4. The smallest absolute Gasteiger partial charge is 0.172 e. The average Bonchev–Trinajstić information content (AvgIpc) is 2.44. The van der Waals surface area contributed by atoms with Gasteiger partial charge in [0.05, 0.1) is 5.57 Å². The van der Waals surface area contributed by atoms with E-state index in [4.69, 9.17) is 21.2 Å². The summed E-state index contributed by atoms with van der Waals surface area (Å²) in [5, 5.41) is 33.4. The predicted octanol–water partition coefficient (Wildman–Crippen LogP) is 2.34. The van der Waals surface area contributed by atoms with Crippen LogP contribution in [0.2, 0.25) is 0 Å². The van der Waals surface area contributed by atoms with Gasteiger partial charge in [-0.1, -0.05) is 36.1 Å². The predicted molar refractivity (Wildman–Crippen MR) is 65.0 cm³/mol. The van der Waals surface area contributed by atoms with Gasteiger partial charge in [0.2, 0.25) is 0 Å². The Morgan fingerprint density at radius 3 is 2.00 bits per heavy atom. The molecule has 0 fully saturated rings. The monoisotopic (exact) mass is 230 g/mol. The highest BCUT2D eigenvalue weighted by atomic mass is 14.3. The lowest BCUT2D eigenvalue weighted by molar-refractivity contribution is 1.46. The van der Waals surface area contributed by atoms with E-state index in [1.165, 1.54) is 0 Å². The van der Waals surface area contributed by atoms with Crippen molar-refractivity contribution < 1.29 is 0 Å². The van der Waals surface area contributed by atoms with E-state index in [1.807, 2.05) is 5.87 Å². The van der Waals surface area contributed by atoms with Crippen molar-refractivity contribution in [3.8, 4) is 18.2 Å². The first-order chi connectivity index (χ1) is 8.76. The minimum atomic E-state index is -0.253. The Kier molecular flexibility index (Phi) is 4.45. The third-order valence-corrected chi connectivity index (χ3v) is 2.02. The summed E-state index contributed by atoms with van der Waals surface area (Å²) in [5.74, 6) is 1.98. The first kappa shape index (κ1) is 12.7. The highest BCUT2D eigenvalue weighted by Gasteiger charge is 2.07. The number of rotatable bonds is 2. The van der Waals surface area contributed by atoms with Crippen molar-refractivity contribution in [2.45, 2.75) is 0 Å². The van der Waals surface area contributed by atoms with Crippen LogP contribution in [0, 0.1) is 39.4 Å². The summed E-state index contributed by atoms with van der Waals surface area (Å²) in [6.45, 7) is 0. The molecule has 0 aromatic heterocycles. The van der Waals surface area contributed by atoms with Crippen LogP contribution in [0.1, 0.15) is 5.56 Å². The van der Waals surface area contributed by atoms with E-state index in [2.05, 4.69) is 5.73 Å². The Balaban J connectivity index is 3.67. The minimum absolute atomic E-state index is 0.0794. The summed E-state index contributed by atoms with van der Waals surface area (Å²) in [6.07, 6.45) is 0. The summed E-state index contributed by atoms with van der Waals surface area (Å²) >= 11 is 0. The van der Waals surface area contributed by atoms with Gasteiger partial charge in [-0.05, 0) is 11.4 Å². The van der Waals surface area contributed by atoms with Crippen molar-refractivity contribution in [2.24, 2.45) is 0 Å². The number of nitrogens with zero attached hydrogens (tertiary/aromatic N) is 3. The fourth-order valence-corrected chi connectivity index (χ4v) is 1.24. The number of nitriles is 3. The van der Waals surface area contributed by atoms with E-state index in [0.717, 1.165) is 0 Å². The van der Waals surface area contributed by atoms with Gasteiger partial charge < -0.3 is 0 Å². The van der Waals surface area contributed by atoms with Crippen LogP contribution >= 0.6 is 0 Å². The maximum Gasteiger partial charge on any atom is 0.172 e. The van der Waals surface area contributed by atoms with Gasteiger partial charge in [0.25, 0.3) is 0 Å². The molecule has 0 amide bonds. The fraction of sp³-hybridized carbons (Fsp3) is 0. The fourth-order valence-electron chi connectivity index (χ4n) is 1.24. The maximum absolute atomic E-state index is 8.91. The van der Waals surface area contributed by atoms with Gasteiger partial charge in [-0.3, -0.25) is 5.41 Å². The molecule has 0 radical (unpaired) electrons. The van der Waals surface area contributed by atoms with Gasteiger partial charge in [-0.2, -0.15) is 15.8 Å². The Hall–Kier alpha value is -3.34. The van der Waals surface area contributed by atoms with Gasteiger partial charge in [-0.25, -0.2) is 0 Å². The maximum atomic E-state index is 8.91. The zero-order valence-corrected chi connectivity index (χ0v) is 9.23. The van der Waals surface area contributed by atoms with E-state index in [-0.39, 0.29) is 16.7 Å². The average molecular weight is 230 g/mol. The molecule has 0 bridgehead atoms. The minimum Gasteiger partial charge on any atom is -0.258 e. The van der Waals surface area contributed by atoms with Crippen LogP contribution in [-0.2, 0) is 0 Å². The molecule has 0 saturated carbocycles. The van der Waals surface area contributed by atoms with Crippen LogP contribution < -0.4 is 0 Å². The second-order valence-corrected chi connectivity index (χ2v) is 3.08. The van der Waals surface area contributed by atoms with Gasteiger partial charge in [0, 0.05) is 0 Å². The zero-order chi connectivity index (χ0) is 13.4. The van der Waals surface area contributed by atoms with Crippen LogP contribution in [-0.4, -0.2) is 5.87 Å². The molecule has 0 heterocycles. The van der Waals surface area contributed by atoms with Crippen molar-refractivity contribution >= 4 is 11.4 Å². The molecule has 0 unspecified atom stereocenters. The second kappa shape index (κ2) is 6.29. The highest BCUT2D eigenvalue weighted by Crippen LogP contribution is 2.20. The van der Waals surface area contributed by atoms with E-state index in [1.54, 1.807) is 48.5 Å². The number of benzene rings is 1. The molecule has 4 heteroatoms. The lowest BCUT2D eigenvalue weighted by atomic mass is 10.00. The molecule has 0 aliphatic carbocycles. The first-order valence-electron chi connectivity index (χ1n) is 4.83. The lowest BCUT2D eigenvalue weighted by Gasteiger charge is -2.00. The van der Waals surface area contributed by atoms with E-state index >= 15 is 0 Å². The van der Waals surface area contributed by atoms with Crippen LogP contribution in [0.25, 0.3) is 5.57 Å². The molecule has 82 valence electrons. The highest BCUT2D eigenvalue weighted by molar-refractivity contribution is 5.92. The van der Waals surface area contributed by atoms with Crippen LogP contribution in [0.5, 0.6) is 0 Å². The zero-order valence-electron chi connectivity index (χ0n) is 9.23. The molecule has 0 aliphatic heterocycles. The molecule has 0 aliphatic rings. The third kappa shape index (κ3) is 2.83. The Labute approximate surface area is 104 Å². The van der Waals surface area contributed by atoms with Crippen molar-refractivity contribution in [3.63, 3.8) is 0 Å². The normalized spacial score (nSPS) is 7.61. The van der Waals surface area contributed by atoms with Crippen LogP contribution in [0.3, 0.4) is 0 Å². The Morgan fingerprint density at radius 1 is 0.944 bits per heavy atom. The van der Waals surface area contributed by atoms with E-state index in [0.29, 0.717) is 5.56 Å². The molecular formula is C14H6N4. The van der Waals surface area contributed by atoms with Crippen molar-refractivity contribution in [1.82, 2.24) is 0 Å². The Bertz CT molecular complexity index is 677. The van der Waals surface area contributed by atoms with Gasteiger partial charge in [0.15, 0.2) is 5.57 Å². The SMILES string of the molecule is N#CC(=C=C(C(=C=N)C#N)c1ccccc1)C#N. The molecule has 0 spiro atoms.